The molecular weight excluding hydrogens is 226 g/mol. The first-order valence-electron chi connectivity index (χ1n) is 4.51. The molecule has 0 amide bonds. The molecule has 6 heteroatoms. The Labute approximate surface area is 89.9 Å². The molecule has 1 rings (SSSR count). The predicted octanol–water partition coefficient (Wildman–Crippen LogP) is 1.79. The maximum absolute atomic E-state index is 12.8. The fourth-order valence-electron chi connectivity index (χ4n) is 1.37. The van der Waals surface area contributed by atoms with Crippen LogP contribution < -0.4 is 5.32 Å². The molecule has 2 N–H and O–H groups in total. The van der Waals surface area contributed by atoms with Crippen LogP contribution in [0.25, 0.3) is 0 Å². The molecule has 1 atom stereocenters. The van der Waals surface area contributed by atoms with E-state index < -0.39 is 29.7 Å². The van der Waals surface area contributed by atoms with Crippen molar-refractivity contribution in [1.82, 2.24) is 5.32 Å². The van der Waals surface area contributed by atoms with Gasteiger partial charge in [-0.15, -0.1) is 0 Å². The van der Waals surface area contributed by atoms with Crippen molar-refractivity contribution in [1.29, 1.82) is 0 Å². The van der Waals surface area contributed by atoms with Crippen LogP contribution in [0.5, 0.6) is 0 Å². The number of aliphatic hydroxyl groups is 1. The molecule has 0 saturated heterocycles. The van der Waals surface area contributed by atoms with Crippen molar-refractivity contribution in [2.24, 2.45) is 0 Å². The normalized spacial score (nSPS) is 15.9. The molecule has 0 spiro atoms. The number of benzene rings is 1. The average molecular weight is 237 g/mol. The number of hydrogen-bond acceptors (Lipinski definition) is 2. The van der Waals surface area contributed by atoms with E-state index in [1.165, 1.54) is 7.05 Å². The van der Waals surface area contributed by atoms with Gasteiger partial charge < -0.3 is 10.4 Å². The second-order valence-corrected chi connectivity index (χ2v) is 3.40. The zero-order valence-corrected chi connectivity index (χ0v) is 8.48. The van der Waals surface area contributed by atoms with Crippen molar-refractivity contribution in [3.05, 3.63) is 35.6 Å². The van der Waals surface area contributed by atoms with E-state index in [4.69, 9.17) is 0 Å². The van der Waals surface area contributed by atoms with Gasteiger partial charge in [0.15, 0.2) is 5.60 Å². The summed E-state index contributed by atoms with van der Waals surface area (Å²) in [4.78, 5) is 0. The van der Waals surface area contributed by atoms with Crippen molar-refractivity contribution in [2.45, 2.75) is 11.8 Å². The minimum atomic E-state index is -4.87. The number of alkyl halides is 3. The molecule has 0 aliphatic rings. The smallest absolute Gasteiger partial charge is 0.375 e. The van der Waals surface area contributed by atoms with E-state index in [1.54, 1.807) is 0 Å². The lowest BCUT2D eigenvalue weighted by Crippen LogP contribution is -2.49. The fourth-order valence-corrected chi connectivity index (χ4v) is 1.37. The molecule has 2 nitrogen and oxygen atoms in total. The average Bonchev–Trinajstić information content (AvgIpc) is 2.16. The van der Waals surface area contributed by atoms with Gasteiger partial charge in [0.25, 0.3) is 0 Å². The van der Waals surface area contributed by atoms with Crippen LogP contribution in [-0.2, 0) is 5.60 Å². The van der Waals surface area contributed by atoms with E-state index in [2.05, 4.69) is 5.32 Å². The van der Waals surface area contributed by atoms with Crippen LogP contribution in [0.3, 0.4) is 0 Å². The van der Waals surface area contributed by atoms with E-state index in [0.717, 1.165) is 18.2 Å². The number of halogens is 4. The summed E-state index contributed by atoms with van der Waals surface area (Å²) in [6.07, 6.45) is -4.87. The number of rotatable bonds is 3. The van der Waals surface area contributed by atoms with E-state index in [0.29, 0.717) is 6.07 Å². The van der Waals surface area contributed by atoms with Crippen molar-refractivity contribution in [3.8, 4) is 0 Å². The molecule has 0 radical (unpaired) electrons. The number of hydrogen-bond donors (Lipinski definition) is 2. The summed E-state index contributed by atoms with van der Waals surface area (Å²) in [6, 6.07) is 3.84. The standard InChI is InChI=1S/C10H11F4NO/c1-15-6-9(16,10(12,13)14)7-3-2-4-8(11)5-7/h2-5,15-16H,6H2,1H3. The van der Waals surface area contributed by atoms with Gasteiger partial charge in [0.1, 0.15) is 5.82 Å². The molecule has 90 valence electrons. The van der Waals surface area contributed by atoms with Gasteiger partial charge in [0.05, 0.1) is 0 Å². The Hall–Kier alpha value is -1.14. The zero-order chi connectivity index (χ0) is 12.4. The van der Waals surface area contributed by atoms with Crippen molar-refractivity contribution in [2.75, 3.05) is 13.6 Å². The Kier molecular flexibility index (Phi) is 3.54. The predicted molar refractivity (Wildman–Crippen MR) is 50.3 cm³/mol. The third-order valence-electron chi connectivity index (χ3n) is 2.20. The lowest BCUT2D eigenvalue weighted by atomic mass is 9.93. The van der Waals surface area contributed by atoms with Gasteiger partial charge in [-0.2, -0.15) is 13.2 Å². The molecule has 1 unspecified atom stereocenters. The van der Waals surface area contributed by atoms with Crippen molar-refractivity contribution >= 4 is 0 Å². The first-order chi connectivity index (χ1) is 7.31. The lowest BCUT2D eigenvalue weighted by molar-refractivity contribution is -0.264. The maximum Gasteiger partial charge on any atom is 0.422 e. The molecule has 0 aliphatic carbocycles. The van der Waals surface area contributed by atoms with Crippen molar-refractivity contribution < 1.29 is 22.7 Å². The Balaban J connectivity index is 3.21. The molecule has 16 heavy (non-hydrogen) atoms. The summed E-state index contributed by atoms with van der Waals surface area (Å²) in [5.74, 6) is -0.823. The first kappa shape index (κ1) is 12.9. The molecular formula is C10H11F4NO. The summed E-state index contributed by atoms with van der Waals surface area (Å²) in [5.41, 5.74) is -3.60. The van der Waals surface area contributed by atoms with Crippen LogP contribution in [0, 0.1) is 5.82 Å². The summed E-state index contributed by atoms with van der Waals surface area (Å²) in [6.45, 7) is -0.736. The molecule has 0 aliphatic heterocycles. The van der Waals surface area contributed by atoms with Gasteiger partial charge in [-0.3, -0.25) is 0 Å². The van der Waals surface area contributed by atoms with Gasteiger partial charge in [0, 0.05) is 6.54 Å². The molecule has 0 fully saturated rings. The SMILES string of the molecule is CNCC(O)(c1cccc(F)c1)C(F)(F)F. The number of nitrogens with one attached hydrogen (secondary N) is 1. The van der Waals surface area contributed by atoms with Crippen molar-refractivity contribution in [3.63, 3.8) is 0 Å². The quantitative estimate of drug-likeness (QED) is 0.785. The monoisotopic (exact) mass is 237 g/mol. The highest BCUT2D eigenvalue weighted by molar-refractivity contribution is 5.25. The molecule has 1 aromatic rings. The Bertz CT molecular complexity index is 366. The summed E-state index contributed by atoms with van der Waals surface area (Å²) < 4.78 is 50.9. The minimum Gasteiger partial charge on any atom is -0.375 e. The molecule has 0 saturated carbocycles. The van der Waals surface area contributed by atoms with Crippen LogP contribution in [0.2, 0.25) is 0 Å². The molecule has 0 heterocycles. The Morgan fingerprint density at radius 2 is 1.94 bits per heavy atom. The van der Waals surface area contributed by atoms with Crippen LogP contribution in [-0.4, -0.2) is 24.9 Å². The first-order valence-corrected chi connectivity index (χ1v) is 4.51. The number of likely N-dealkylation sites (N-methyl/N-ethyl adjacent to an activating group) is 1. The summed E-state index contributed by atoms with van der Waals surface area (Å²) in [5, 5.41) is 11.8. The molecule has 0 bridgehead atoms. The molecule has 0 aromatic heterocycles. The van der Waals surface area contributed by atoms with E-state index >= 15 is 0 Å². The van der Waals surface area contributed by atoms with Crippen LogP contribution in [0.4, 0.5) is 17.6 Å². The topological polar surface area (TPSA) is 32.3 Å². The fraction of sp³-hybridized carbons (Fsp3) is 0.400. The third-order valence-corrected chi connectivity index (χ3v) is 2.20. The second-order valence-electron chi connectivity index (χ2n) is 3.40. The zero-order valence-electron chi connectivity index (χ0n) is 8.48. The Morgan fingerprint density at radius 1 is 1.31 bits per heavy atom. The van der Waals surface area contributed by atoms with Gasteiger partial charge in [-0.05, 0) is 24.7 Å². The van der Waals surface area contributed by atoms with E-state index in [-0.39, 0.29) is 0 Å². The van der Waals surface area contributed by atoms with Crippen LogP contribution in [0.15, 0.2) is 24.3 Å². The van der Waals surface area contributed by atoms with Gasteiger partial charge in [0.2, 0.25) is 0 Å². The van der Waals surface area contributed by atoms with E-state index in [1.807, 2.05) is 0 Å². The molecule has 1 aromatic carbocycles. The third kappa shape index (κ3) is 2.33. The summed E-state index contributed by atoms with van der Waals surface area (Å²) >= 11 is 0. The van der Waals surface area contributed by atoms with E-state index in [9.17, 15) is 22.7 Å². The van der Waals surface area contributed by atoms with Gasteiger partial charge in [-0.25, -0.2) is 4.39 Å². The maximum atomic E-state index is 12.8. The van der Waals surface area contributed by atoms with Crippen LogP contribution in [0.1, 0.15) is 5.56 Å². The summed E-state index contributed by atoms with van der Waals surface area (Å²) in [7, 11) is 1.27. The lowest BCUT2D eigenvalue weighted by Gasteiger charge is -2.30. The van der Waals surface area contributed by atoms with Gasteiger partial charge in [-0.1, -0.05) is 12.1 Å². The van der Waals surface area contributed by atoms with Gasteiger partial charge >= 0.3 is 6.18 Å². The highest BCUT2D eigenvalue weighted by Gasteiger charge is 2.54. The largest absolute Gasteiger partial charge is 0.422 e. The highest BCUT2D eigenvalue weighted by Crippen LogP contribution is 2.38. The highest BCUT2D eigenvalue weighted by atomic mass is 19.4. The van der Waals surface area contributed by atoms with Crippen LogP contribution >= 0.6 is 0 Å². The second kappa shape index (κ2) is 4.39. The minimum absolute atomic E-state index is 0.519. The Morgan fingerprint density at radius 3 is 2.38 bits per heavy atom.